The van der Waals surface area contributed by atoms with E-state index in [1.165, 1.54) is 6.42 Å². The lowest BCUT2D eigenvalue weighted by Gasteiger charge is -2.42. The molecule has 0 saturated carbocycles. The van der Waals surface area contributed by atoms with Crippen molar-refractivity contribution in [3.05, 3.63) is 30.0 Å². The molecule has 1 aromatic heterocycles. The fraction of sp³-hybridized carbons (Fsp3) is 0.600. The van der Waals surface area contributed by atoms with E-state index in [1.54, 1.807) is 13.2 Å². The van der Waals surface area contributed by atoms with Crippen LogP contribution in [0.25, 0.3) is 11.0 Å². The number of para-hydroxylation sites is 1. The first-order chi connectivity index (χ1) is 15.5. The molecule has 32 heavy (non-hydrogen) atoms. The average molecular weight is 440 g/mol. The van der Waals surface area contributed by atoms with E-state index in [1.807, 2.05) is 23.1 Å². The van der Waals surface area contributed by atoms with Crippen molar-refractivity contribution in [1.82, 2.24) is 15.1 Å². The first-order valence-electron chi connectivity index (χ1n) is 11.9. The third-order valence-electron chi connectivity index (χ3n) is 7.98. The normalized spacial score (nSPS) is 25.8. The van der Waals surface area contributed by atoms with Crippen LogP contribution in [0, 0.1) is 11.8 Å². The van der Waals surface area contributed by atoms with E-state index < -0.39 is 0 Å². The van der Waals surface area contributed by atoms with Crippen LogP contribution < -0.4 is 10.1 Å². The zero-order chi connectivity index (χ0) is 22.5. The Morgan fingerprint density at radius 2 is 2.09 bits per heavy atom. The number of nitrogens with one attached hydrogen (secondary N) is 1. The number of carbonyl (C=O) groups is 2. The number of methoxy groups -OCH3 is 1. The van der Waals surface area contributed by atoms with Crippen molar-refractivity contribution < 1.29 is 18.7 Å². The molecule has 2 aromatic rings. The van der Waals surface area contributed by atoms with Gasteiger partial charge < -0.3 is 19.4 Å². The van der Waals surface area contributed by atoms with Crippen LogP contribution in [-0.2, 0) is 4.79 Å². The molecule has 1 aromatic carbocycles. The molecule has 1 spiro atoms. The van der Waals surface area contributed by atoms with E-state index in [2.05, 4.69) is 24.1 Å². The number of likely N-dealkylation sites (tertiary alicyclic amines) is 2. The Hall–Kier alpha value is -2.54. The minimum Gasteiger partial charge on any atom is -0.493 e. The highest BCUT2D eigenvalue weighted by atomic mass is 16.5. The maximum atomic E-state index is 13.2. The molecule has 1 N–H and O–H groups in total. The fourth-order valence-electron chi connectivity index (χ4n) is 6.11. The van der Waals surface area contributed by atoms with E-state index in [-0.39, 0.29) is 23.3 Å². The Kier molecular flexibility index (Phi) is 5.40. The van der Waals surface area contributed by atoms with E-state index in [4.69, 9.17) is 9.15 Å². The summed E-state index contributed by atoms with van der Waals surface area (Å²) in [6, 6.07) is 7.95. The fourth-order valence-corrected chi connectivity index (χ4v) is 6.11. The second-order valence-electron chi connectivity index (χ2n) is 9.73. The summed E-state index contributed by atoms with van der Waals surface area (Å²) in [5, 5.41) is 4.22. The van der Waals surface area contributed by atoms with Gasteiger partial charge in [0.05, 0.1) is 13.0 Å². The van der Waals surface area contributed by atoms with E-state index in [0.717, 1.165) is 37.7 Å². The molecule has 7 heteroatoms. The molecular formula is C25H33N3O4. The smallest absolute Gasteiger partial charge is 0.289 e. The molecule has 0 unspecified atom stereocenters. The van der Waals surface area contributed by atoms with Crippen molar-refractivity contribution in [2.45, 2.75) is 51.1 Å². The molecular weight excluding hydrogens is 406 g/mol. The largest absolute Gasteiger partial charge is 0.493 e. The molecule has 3 aliphatic rings. The minimum absolute atomic E-state index is 0.0828. The summed E-state index contributed by atoms with van der Waals surface area (Å²) in [6.45, 7) is 7.58. The number of rotatable bonds is 5. The van der Waals surface area contributed by atoms with Crippen molar-refractivity contribution >= 4 is 22.8 Å². The summed E-state index contributed by atoms with van der Waals surface area (Å²) in [7, 11) is 1.60. The zero-order valence-corrected chi connectivity index (χ0v) is 19.2. The Labute approximate surface area is 189 Å². The Bertz CT molecular complexity index is 1020. The third kappa shape index (κ3) is 3.38. The van der Waals surface area contributed by atoms with Crippen molar-refractivity contribution in [1.29, 1.82) is 0 Å². The number of hydrogen-bond donors (Lipinski definition) is 1. The number of carbonyl (C=O) groups excluding carboxylic acids is 2. The van der Waals surface area contributed by atoms with Gasteiger partial charge in [-0.2, -0.15) is 0 Å². The summed E-state index contributed by atoms with van der Waals surface area (Å²) < 4.78 is 11.2. The Balaban J connectivity index is 1.29. The molecule has 2 amide bonds. The van der Waals surface area contributed by atoms with Crippen LogP contribution in [0.1, 0.15) is 50.1 Å². The predicted octanol–water partition coefficient (Wildman–Crippen LogP) is 3.28. The summed E-state index contributed by atoms with van der Waals surface area (Å²) in [5.74, 6) is 1.49. The number of furan rings is 1. The van der Waals surface area contributed by atoms with Crippen molar-refractivity contribution in [2.24, 2.45) is 11.8 Å². The Morgan fingerprint density at radius 1 is 1.31 bits per heavy atom. The standard InChI is InChI=1S/C25H33N3O4/c1-4-6-16(2)28-14-18-19(15-28)25(26-23(18)29)9-11-27(12-10-25)24(30)21-13-17-7-5-8-20(31-3)22(17)32-21/h5,7-8,13,16,18-19H,4,6,9-12,14-15H2,1-3H3,(H,26,29)/t16-,18-,19+/m1/s1. The molecule has 0 bridgehead atoms. The minimum atomic E-state index is -0.184. The van der Waals surface area contributed by atoms with Crippen molar-refractivity contribution in [2.75, 3.05) is 33.3 Å². The first-order valence-corrected chi connectivity index (χ1v) is 11.9. The maximum Gasteiger partial charge on any atom is 0.289 e. The number of benzene rings is 1. The van der Waals surface area contributed by atoms with Gasteiger partial charge in [-0.1, -0.05) is 25.5 Å². The highest BCUT2D eigenvalue weighted by Gasteiger charge is 2.57. The topological polar surface area (TPSA) is 75.0 Å². The number of hydrogen-bond acceptors (Lipinski definition) is 5. The molecule has 3 atom stereocenters. The van der Waals surface area contributed by atoms with Gasteiger partial charge in [0.15, 0.2) is 17.1 Å². The van der Waals surface area contributed by atoms with E-state index >= 15 is 0 Å². The molecule has 7 nitrogen and oxygen atoms in total. The zero-order valence-electron chi connectivity index (χ0n) is 19.2. The van der Waals surface area contributed by atoms with Gasteiger partial charge in [-0.15, -0.1) is 0 Å². The van der Waals surface area contributed by atoms with Crippen LogP contribution in [-0.4, -0.2) is 66.5 Å². The summed E-state index contributed by atoms with van der Waals surface area (Å²) in [6.07, 6.45) is 3.92. The van der Waals surface area contributed by atoms with Crippen LogP contribution in [0.15, 0.2) is 28.7 Å². The average Bonchev–Trinajstić information content (AvgIpc) is 3.49. The van der Waals surface area contributed by atoms with Crippen molar-refractivity contribution in [3.63, 3.8) is 0 Å². The van der Waals surface area contributed by atoms with E-state index in [9.17, 15) is 9.59 Å². The van der Waals surface area contributed by atoms with Crippen LogP contribution in [0.4, 0.5) is 0 Å². The van der Waals surface area contributed by atoms with Gasteiger partial charge in [0, 0.05) is 49.1 Å². The molecule has 3 saturated heterocycles. The number of nitrogens with zero attached hydrogens (tertiary/aromatic N) is 2. The SMILES string of the molecule is CCC[C@@H](C)N1C[C@H]2C(=O)NC3(CCN(C(=O)c4cc5cccc(OC)c5o4)CC3)[C@H]2C1. The lowest BCUT2D eigenvalue weighted by Crippen LogP contribution is -2.56. The lowest BCUT2D eigenvalue weighted by atomic mass is 9.75. The van der Waals surface area contributed by atoms with Gasteiger partial charge in [0.2, 0.25) is 5.91 Å². The van der Waals surface area contributed by atoms with Gasteiger partial charge in [-0.3, -0.25) is 14.5 Å². The van der Waals surface area contributed by atoms with Gasteiger partial charge >= 0.3 is 0 Å². The van der Waals surface area contributed by atoms with Gasteiger partial charge in [-0.05, 0) is 38.3 Å². The predicted molar refractivity (Wildman–Crippen MR) is 122 cm³/mol. The number of fused-ring (bicyclic) bond motifs is 3. The second-order valence-corrected chi connectivity index (χ2v) is 9.73. The number of ether oxygens (including phenoxy) is 1. The second kappa shape index (κ2) is 8.10. The van der Waals surface area contributed by atoms with Crippen LogP contribution in [0.2, 0.25) is 0 Å². The first kappa shape index (κ1) is 21.3. The van der Waals surface area contributed by atoms with E-state index in [0.29, 0.717) is 42.1 Å². The van der Waals surface area contributed by atoms with Gasteiger partial charge in [0.1, 0.15) is 0 Å². The number of amides is 2. The number of piperidine rings is 1. The molecule has 4 heterocycles. The molecule has 3 aliphatic heterocycles. The van der Waals surface area contributed by atoms with Crippen LogP contribution in [0.3, 0.4) is 0 Å². The quantitative estimate of drug-likeness (QED) is 0.774. The summed E-state index contributed by atoms with van der Waals surface area (Å²) >= 11 is 0. The van der Waals surface area contributed by atoms with Crippen molar-refractivity contribution in [3.8, 4) is 5.75 Å². The highest BCUT2D eigenvalue weighted by molar-refractivity contribution is 5.97. The maximum absolute atomic E-state index is 13.2. The van der Waals surface area contributed by atoms with Crippen LogP contribution >= 0.6 is 0 Å². The summed E-state index contributed by atoms with van der Waals surface area (Å²) in [5.41, 5.74) is 0.418. The third-order valence-corrected chi connectivity index (χ3v) is 7.98. The molecule has 0 radical (unpaired) electrons. The van der Waals surface area contributed by atoms with Crippen LogP contribution in [0.5, 0.6) is 5.75 Å². The molecule has 172 valence electrons. The van der Waals surface area contributed by atoms with Gasteiger partial charge in [0.25, 0.3) is 5.91 Å². The molecule has 3 fully saturated rings. The molecule has 5 rings (SSSR count). The lowest BCUT2D eigenvalue weighted by molar-refractivity contribution is -0.123. The highest BCUT2D eigenvalue weighted by Crippen LogP contribution is 2.45. The van der Waals surface area contributed by atoms with Gasteiger partial charge in [-0.25, -0.2) is 0 Å². The summed E-state index contributed by atoms with van der Waals surface area (Å²) in [4.78, 5) is 30.3. The Morgan fingerprint density at radius 3 is 2.81 bits per heavy atom. The molecule has 0 aliphatic carbocycles. The monoisotopic (exact) mass is 439 g/mol.